The Morgan fingerprint density at radius 3 is 2.27 bits per heavy atom. The van der Waals surface area contributed by atoms with E-state index in [4.69, 9.17) is 0 Å². The number of rotatable bonds is 4. The Morgan fingerprint density at radius 2 is 1.54 bits per heavy atom. The third kappa shape index (κ3) is 3.06. The lowest BCUT2D eigenvalue weighted by molar-refractivity contribution is 0.0878. The van der Waals surface area contributed by atoms with Crippen LogP contribution < -0.4 is 0 Å². The summed E-state index contributed by atoms with van der Waals surface area (Å²) < 4.78 is 2.15. The van der Waals surface area contributed by atoms with Crippen molar-refractivity contribution in [3.8, 4) is 11.3 Å². The Hall–Kier alpha value is -2.43. The van der Waals surface area contributed by atoms with Gasteiger partial charge < -0.3 is 9.47 Å². The van der Waals surface area contributed by atoms with Gasteiger partial charge in [-0.25, -0.2) is 0 Å². The summed E-state index contributed by atoms with van der Waals surface area (Å²) in [5.41, 5.74) is 4.07. The average molecular weight is 347 g/mol. The van der Waals surface area contributed by atoms with Crippen molar-refractivity contribution in [2.24, 2.45) is 7.05 Å². The summed E-state index contributed by atoms with van der Waals surface area (Å²) in [6, 6.07) is 18.5. The average Bonchev–Trinajstić information content (AvgIpc) is 2.97. The molecule has 4 rings (SSSR count). The number of hydrogen-bond donors (Lipinski definition) is 0. The lowest BCUT2D eigenvalue weighted by atomic mass is 10.0. The van der Waals surface area contributed by atoms with E-state index in [2.05, 4.69) is 52.7 Å². The molecule has 0 saturated carbocycles. The third-order valence-electron chi connectivity index (χ3n) is 5.40. The number of carbonyl (C=O) groups excluding carboxylic acids is 1. The minimum atomic E-state index is 0.213. The highest BCUT2D eigenvalue weighted by molar-refractivity contribution is 6.14. The van der Waals surface area contributed by atoms with Crippen molar-refractivity contribution in [3.63, 3.8) is 0 Å². The molecule has 4 nitrogen and oxygen atoms in total. The molecule has 1 aliphatic rings. The summed E-state index contributed by atoms with van der Waals surface area (Å²) in [5.74, 6) is 0.213. The quantitative estimate of drug-likeness (QED) is 0.678. The molecule has 0 radical (unpaired) electrons. The van der Waals surface area contributed by atoms with Gasteiger partial charge in [0.1, 0.15) is 0 Å². The number of benzene rings is 2. The van der Waals surface area contributed by atoms with Gasteiger partial charge in [0.05, 0.1) is 17.8 Å². The number of aromatic nitrogens is 1. The van der Waals surface area contributed by atoms with Crippen LogP contribution in [0.15, 0.2) is 54.6 Å². The zero-order valence-electron chi connectivity index (χ0n) is 15.5. The van der Waals surface area contributed by atoms with Crippen molar-refractivity contribution in [2.45, 2.75) is 0 Å². The number of hydrogen-bond acceptors (Lipinski definition) is 3. The van der Waals surface area contributed by atoms with Crippen LogP contribution in [0.3, 0.4) is 0 Å². The number of carbonyl (C=O) groups is 1. The fourth-order valence-corrected chi connectivity index (χ4v) is 3.90. The maximum absolute atomic E-state index is 13.3. The zero-order valence-corrected chi connectivity index (χ0v) is 15.5. The first kappa shape index (κ1) is 17.0. The van der Waals surface area contributed by atoms with E-state index < -0.39 is 0 Å². The lowest BCUT2D eigenvalue weighted by Crippen LogP contribution is -2.46. The summed E-state index contributed by atoms with van der Waals surface area (Å²) in [7, 11) is 4.19. The van der Waals surface area contributed by atoms with Crippen LogP contribution in [-0.4, -0.2) is 59.9 Å². The van der Waals surface area contributed by atoms with E-state index in [1.54, 1.807) is 0 Å². The Bertz CT molecular complexity index is 921. The van der Waals surface area contributed by atoms with Crippen LogP contribution in [0.5, 0.6) is 0 Å². The molecule has 2 heterocycles. The molecule has 0 atom stereocenters. The van der Waals surface area contributed by atoms with Gasteiger partial charge in [-0.1, -0.05) is 48.5 Å². The number of aryl methyl sites for hydroxylation is 1. The lowest BCUT2D eigenvalue weighted by Gasteiger charge is -2.31. The maximum Gasteiger partial charge on any atom is 0.179 e. The summed E-state index contributed by atoms with van der Waals surface area (Å²) >= 11 is 0. The molecule has 0 aliphatic carbocycles. The zero-order chi connectivity index (χ0) is 18.1. The maximum atomic E-state index is 13.3. The molecular formula is C22H25N3O. The number of likely N-dealkylation sites (N-methyl/N-ethyl adjacent to an activating group) is 1. The molecular weight excluding hydrogens is 322 g/mol. The van der Waals surface area contributed by atoms with Gasteiger partial charge >= 0.3 is 0 Å². The monoisotopic (exact) mass is 347 g/mol. The Labute approximate surface area is 154 Å². The van der Waals surface area contributed by atoms with E-state index in [-0.39, 0.29) is 5.78 Å². The highest BCUT2D eigenvalue weighted by Crippen LogP contribution is 2.33. The molecule has 26 heavy (non-hydrogen) atoms. The predicted octanol–water partition coefficient (Wildman–Crippen LogP) is 3.28. The van der Waals surface area contributed by atoms with Gasteiger partial charge in [-0.2, -0.15) is 0 Å². The molecule has 4 heteroatoms. The molecule has 0 bridgehead atoms. The minimum Gasteiger partial charge on any atom is -0.343 e. The van der Waals surface area contributed by atoms with Crippen molar-refractivity contribution in [1.29, 1.82) is 0 Å². The number of Topliss-reactive ketones (excluding diaryl/α,β-unsaturated/α-hetero) is 1. The van der Waals surface area contributed by atoms with Crippen LogP contribution in [0, 0.1) is 0 Å². The Kier molecular flexibility index (Phi) is 4.62. The van der Waals surface area contributed by atoms with Gasteiger partial charge in [-0.15, -0.1) is 0 Å². The highest BCUT2D eigenvalue weighted by atomic mass is 16.1. The summed E-state index contributed by atoms with van der Waals surface area (Å²) in [6.45, 7) is 4.44. The van der Waals surface area contributed by atoms with Gasteiger partial charge in [0, 0.05) is 44.1 Å². The van der Waals surface area contributed by atoms with Crippen LogP contribution in [0.1, 0.15) is 10.4 Å². The van der Waals surface area contributed by atoms with Gasteiger partial charge in [-0.3, -0.25) is 9.69 Å². The molecule has 0 amide bonds. The van der Waals surface area contributed by atoms with Crippen molar-refractivity contribution in [3.05, 3.63) is 60.2 Å². The SMILES string of the molecule is CN1CCN(CC(=O)c2c(-c3ccccc3)n(C)c3ccccc23)CC1. The smallest absolute Gasteiger partial charge is 0.179 e. The normalized spacial score (nSPS) is 16.2. The Balaban J connectivity index is 1.77. The topological polar surface area (TPSA) is 28.5 Å². The molecule has 0 spiro atoms. The second-order valence-electron chi connectivity index (χ2n) is 7.17. The molecule has 1 aromatic heterocycles. The summed E-state index contributed by atoms with van der Waals surface area (Å²) in [5, 5.41) is 1.05. The molecule has 0 unspecified atom stereocenters. The third-order valence-corrected chi connectivity index (χ3v) is 5.40. The van der Waals surface area contributed by atoms with Crippen molar-refractivity contribution < 1.29 is 4.79 Å². The summed E-state index contributed by atoms with van der Waals surface area (Å²) in [4.78, 5) is 17.9. The van der Waals surface area contributed by atoms with Crippen LogP contribution >= 0.6 is 0 Å². The first-order valence-corrected chi connectivity index (χ1v) is 9.22. The number of ketones is 1. The molecule has 0 N–H and O–H groups in total. The second kappa shape index (κ2) is 7.06. The van der Waals surface area contributed by atoms with Crippen molar-refractivity contribution in [2.75, 3.05) is 39.8 Å². The predicted molar refractivity (Wildman–Crippen MR) is 107 cm³/mol. The number of fused-ring (bicyclic) bond motifs is 1. The fourth-order valence-electron chi connectivity index (χ4n) is 3.90. The van der Waals surface area contributed by atoms with Gasteiger partial charge in [0.2, 0.25) is 0 Å². The first-order valence-electron chi connectivity index (χ1n) is 9.22. The molecule has 134 valence electrons. The molecule has 1 fully saturated rings. The second-order valence-corrected chi connectivity index (χ2v) is 7.17. The largest absolute Gasteiger partial charge is 0.343 e. The number of para-hydroxylation sites is 1. The molecule has 2 aromatic carbocycles. The van der Waals surface area contributed by atoms with E-state index in [1.807, 2.05) is 30.3 Å². The van der Waals surface area contributed by atoms with E-state index in [9.17, 15) is 4.79 Å². The number of nitrogens with zero attached hydrogens (tertiary/aromatic N) is 3. The first-order chi connectivity index (χ1) is 12.6. The molecule has 1 aliphatic heterocycles. The van der Waals surface area contributed by atoms with Crippen molar-refractivity contribution >= 4 is 16.7 Å². The van der Waals surface area contributed by atoms with E-state index >= 15 is 0 Å². The van der Waals surface area contributed by atoms with Gasteiger partial charge in [-0.05, 0) is 18.7 Å². The summed E-state index contributed by atoms with van der Waals surface area (Å²) in [6.07, 6.45) is 0. The minimum absolute atomic E-state index is 0.213. The Morgan fingerprint density at radius 1 is 0.885 bits per heavy atom. The standard InChI is InChI=1S/C22H25N3O/c1-23-12-14-25(15-13-23)16-20(26)21-18-10-6-7-11-19(18)24(2)22(21)17-8-4-3-5-9-17/h3-11H,12-16H2,1-2H3. The fraction of sp³-hybridized carbons (Fsp3) is 0.318. The molecule has 1 saturated heterocycles. The van der Waals surface area contributed by atoms with Gasteiger partial charge in [0.15, 0.2) is 5.78 Å². The van der Waals surface area contributed by atoms with E-state index in [1.165, 1.54) is 0 Å². The number of piperazine rings is 1. The van der Waals surface area contributed by atoms with E-state index in [0.29, 0.717) is 6.54 Å². The van der Waals surface area contributed by atoms with Crippen LogP contribution in [0.25, 0.3) is 22.2 Å². The van der Waals surface area contributed by atoms with Crippen LogP contribution in [0.2, 0.25) is 0 Å². The van der Waals surface area contributed by atoms with Crippen LogP contribution in [0.4, 0.5) is 0 Å². The van der Waals surface area contributed by atoms with Crippen LogP contribution in [-0.2, 0) is 7.05 Å². The highest BCUT2D eigenvalue weighted by Gasteiger charge is 2.24. The van der Waals surface area contributed by atoms with Crippen molar-refractivity contribution in [1.82, 2.24) is 14.4 Å². The van der Waals surface area contributed by atoms with E-state index in [0.717, 1.165) is 53.9 Å². The van der Waals surface area contributed by atoms with Gasteiger partial charge in [0.25, 0.3) is 0 Å². The molecule has 3 aromatic rings.